The van der Waals surface area contributed by atoms with Crippen LogP contribution in [0.25, 0.3) is 10.9 Å². The van der Waals surface area contributed by atoms with Crippen molar-refractivity contribution in [1.82, 2.24) is 9.29 Å². The molecule has 2 aromatic carbocycles. The summed E-state index contributed by atoms with van der Waals surface area (Å²) < 4.78 is 28.2. The minimum absolute atomic E-state index is 0. The van der Waals surface area contributed by atoms with Crippen molar-refractivity contribution in [3.63, 3.8) is 0 Å². The number of sulfonamides is 1. The molecule has 0 spiro atoms. The summed E-state index contributed by atoms with van der Waals surface area (Å²) in [6.45, 7) is 2.64. The van der Waals surface area contributed by atoms with Crippen molar-refractivity contribution >= 4 is 33.3 Å². The third-order valence-corrected chi connectivity index (χ3v) is 7.00. The Bertz CT molecular complexity index is 1060. The molecule has 2 N–H and O–H groups in total. The maximum Gasteiger partial charge on any atom is 0.243 e. The molecular weight excluding hydrogens is 382 g/mol. The second-order valence-corrected chi connectivity index (χ2v) is 8.69. The van der Waals surface area contributed by atoms with Gasteiger partial charge in [0.25, 0.3) is 0 Å². The van der Waals surface area contributed by atoms with E-state index in [1.165, 1.54) is 4.31 Å². The van der Waals surface area contributed by atoms with Gasteiger partial charge in [-0.15, -0.1) is 12.4 Å². The number of halogens is 1. The van der Waals surface area contributed by atoms with Crippen LogP contribution in [0.5, 0.6) is 0 Å². The molecule has 0 aliphatic carbocycles. The third-order valence-electron chi connectivity index (χ3n) is 5.11. The normalized spacial score (nSPS) is 20.5. The Hall–Kier alpha value is -1.99. The Morgan fingerprint density at radius 3 is 2.52 bits per heavy atom. The van der Waals surface area contributed by atoms with Gasteiger partial charge in [-0.05, 0) is 36.2 Å². The van der Waals surface area contributed by atoms with E-state index in [4.69, 9.17) is 5.73 Å². The largest absolute Gasteiger partial charge is 0.326 e. The van der Waals surface area contributed by atoms with Gasteiger partial charge in [-0.25, -0.2) is 8.42 Å². The lowest BCUT2D eigenvalue weighted by Crippen LogP contribution is -2.32. The zero-order valence-electron chi connectivity index (χ0n) is 14.9. The summed E-state index contributed by atoms with van der Waals surface area (Å²) in [6.07, 6.45) is 1.68. The molecule has 0 unspecified atom stereocenters. The first-order valence-corrected chi connectivity index (χ1v) is 10.1. The summed E-state index contributed by atoms with van der Waals surface area (Å²) in [6, 6.07) is 16.7. The average molecular weight is 404 g/mol. The Morgan fingerprint density at radius 2 is 1.78 bits per heavy atom. The van der Waals surface area contributed by atoms with Crippen molar-refractivity contribution in [2.45, 2.75) is 23.8 Å². The van der Waals surface area contributed by atoms with Gasteiger partial charge in [-0.2, -0.15) is 4.31 Å². The predicted octanol–water partition coefficient (Wildman–Crippen LogP) is 3.08. The van der Waals surface area contributed by atoms with Crippen LogP contribution in [-0.2, 0) is 10.0 Å². The van der Waals surface area contributed by atoms with E-state index in [-0.39, 0.29) is 24.4 Å². The molecule has 0 bridgehead atoms. The van der Waals surface area contributed by atoms with Crippen LogP contribution in [0.3, 0.4) is 0 Å². The molecule has 3 aromatic rings. The lowest BCUT2D eigenvalue weighted by molar-refractivity contribution is 0.471. The lowest BCUT2D eigenvalue weighted by Gasteiger charge is -2.18. The molecule has 142 valence electrons. The Kier molecular flexibility index (Phi) is 5.53. The third kappa shape index (κ3) is 3.46. The Morgan fingerprint density at radius 1 is 1.04 bits per heavy atom. The number of pyridine rings is 1. The van der Waals surface area contributed by atoms with E-state index >= 15 is 0 Å². The standard InChI is InChI=1S/C20H21N3O2S.ClH/c1-14-9-10-19(16-8-5-11-22-20(14)16)26(24,25)23-12-17(18(21)13-23)15-6-3-2-4-7-15;/h2-11,17-18H,12-13,21H2,1H3;1H/t17-,18+;/m0./s1. The van der Waals surface area contributed by atoms with Crippen molar-refractivity contribution in [2.24, 2.45) is 5.73 Å². The van der Waals surface area contributed by atoms with E-state index in [1.807, 2.05) is 49.4 Å². The first kappa shape index (κ1) is 19.8. The zero-order chi connectivity index (χ0) is 18.3. The Labute approximate surface area is 165 Å². The van der Waals surface area contributed by atoms with Gasteiger partial charge in [-0.1, -0.05) is 36.4 Å². The molecule has 27 heavy (non-hydrogen) atoms. The summed E-state index contributed by atoms with van der Waals surface area (Å²) in [5.74, 6) is 0.000752. The summed E-state index contributed by atoms with van der Waals surface area (Å²) in [5, 5.41) is 0.657. The van der Waals surface area contributed by atoms with Crippen LogP contribution in [0.15, 0.2) is 65.7 Å². The van der Waals surface area contributed by atoms with E-state index < -0.39 is 10.0 Å². The van der Waals surface area contributed by atoms with Gasteiger partial charge in [0.15, 0.2) is 0 Å². The molecule has 7 heteroatoms. The first-order valence-electron chi connectivity index (χ1n) is 8.63. The van der Waals surface area contributed by atoms with E-state index in [0.717, 1.165) is 16.6 Å². The first-order chi connectivity index (χ1) is 12.5. The number of aromatic nitrogens is 1. The fourth-order valence-corrected chi connectivity index (χ4v) is 5.38. The number of fused-ring (bicyclic) bond motifs is 1. The maximum absolute atomic E-state index is 13.3. The van der Waals surface area contributed by atoms with Crippen molar-refractivity contribution in [1.29, 1.82) is 0 Å². The van der Waals surface area contributed by atoms with Gasteiger partial charge in [0.2, 0.25) is 10.0 Å². The average Bonchev–Trinajstić information content (AvgIpc) is 3.05. The lowest BCUT2D eigenvalue weighted by atomic mass is 9.95. The molecule has 2 atom stereocenters. The van der Waals surface area contributed by atoms with Gasteiger partial charge in [0, 0.05) is 36.6 Å². The summed E-state index contributed by atoms with van der Waals surface area (Å²) in [7, 11) is -3.64. The van der Waals surface area contributed by atoms with Crippen molar-refractivity contribution in [3.8, 4) is 0 Å². The molecule has 1 fully saturated rings. The van der Waals surface area contributed by atoms with E-state index in [2.05, 4.69) is 4.98 Å². The number of aryl methyl sites for hydroxylation is 1. The zero-order valence-corrected chi connectivity index (χ0v) is 16.6. The van der Waals surface area contributed by atoms with E-state index in [0.29, 0.717) is 23.4 Å². The van der Waals surface area contributed by atoms with Gasteiger partial charge < -0.3 is 5.73 Å². The quantitative estimate of drug-likeness (QED) is 0.729. The fourth-order valence-electron chi connectivity index (χ4n) is 3.69. The number of nitrogens with zero attached hydrogens (tertiary/aromatic N) is 2. The Balaban J connectivity index is 0.00000210. The van der Waals surface area contributed by atoms with Gasteiger partial charge >= 0.3 is 0 Å². The number of rotatable bonds is 3. The molecule has 1 aliphatic rings. The van der Waals surface area contributed by atoms with Crippen LogP contribution in [0.4, 0.5) is 0 Å². The molecule has 1 saturated heterocycles. The molecule has 5 nitrogen and oxygen atoms in total. The topological polar surface area (TPSA) is 76.3 Å². The molecule has 0 saturated carbocycles. The fraction of sp³-hybridized carbons (Fsp3) is 0.250. The van der Waals surface area contributed by atoms with Crippen LogP contribution in [-0.4, -0.2) is 36.8 Å². The van der Waals surface area contributed by atoms with Crippen LogP contribution in [0.2, 0.25) is 0 Å². The van der Waals surface area contributed by atoms with Gasteiger partial charge in [0.05, 0.1) is 10.4 Å². The van der Waals surface area contributed by atoms with Crippen LogP contribution >= 0.6 is 12.4 Å². The number of hydrogen-bond donors (Lipinski definition) is 1. The van der Waals surface area contributed by atoms with E-state index in [9.17, 15) is 8.42 Å². The minimum atomic E-state index is -3.64. The highest BCUT2D eigenvalue weighted by atomic mass is 35.5. The SMILES string of the molecule is Cc1ccc(S(=O)(=O)N2C[C@@H](N)[C@H](c3ccccc3)C2)c2cccnc12.Cl. The molecular formula is C20H22ClN3O2S. The highest BCUT2D eigenvalue weighted by molar-refractivity contribution is 7.89. The summed E-state index contributed by atoms with van der Waals surface area (Å²) in [4.78, 5) is 4.65. The van der Waals surface area contributed by atoms with Gasteiger partial charge in [-0.3, -0.25) is 4.98 Å². The second-order valence-electron chi connectivity index (χ2n) is 6.78. The molecule has 0 amide bonds. The molecule has 1 aliphatic heterocycles. The van der Waals surface area contributed by atoms with Gasteiger partial charge in [0.1, 0.15) is 0 Å². The predicted molar refractivity (Wildman–Crippen MR) is 110 cm³/mol. The van der Waals surface area contributed by atoms with Crippen molar-refractivity contribution in [2.75, 3.05) is 13.1 Å². The molecule has 0 radical (unpaired) electrons. The maximum atomic E-state index is 13.3. The number of nitrogens with two attached hydrogens (primary N) is 1. The monoisotopic (exact) mass is 403 g/mol. The smallest absolute Gasteiger partial charge is 0.243 e. The van der Waals surface area contributed by atoms with Crippen LogP contribution in [0, 0.1) is 6.92 Å². The molecule has 2 heterocycles. The van der Waals surface area contributed by atoms with Crippen molar-refractivity contribution < 1.29 is 8.42 Å². The highest BCUT2D eigenvalue weighted by Gasteiger charge is 2.38. The minimum Gasteiger partial charge on any atom is -0.326 e. The highest BCUT2D eigenvalue weighted by Crippen LogP contribution is 2.33. The number of benzene rings is 2. The number of hydrogen-bond acceptors (Lipinski definition) is 4. The van der Waals surface area contributed by atoms with E-state index in [1.54, 1.807) is 18.3 Å². The van der Waals surface area contributed by atoms with Crippen molar-refractivity contribution in [3.05, 3.63) is 71.9 Å². The van der Waals surface area contributed by atoms with Crippen LogP contribution < -0.4 is 5.73 Å². The molecule has 1 aromatic heterocycles. The summed E-state index contributed by atoms with van der Waals surface area (Å²) >= 11 is 0. The van der Waals surface area contributed by atoms with Crippen LogP contribution in [0.1, 0.15) is 17.0 Å². The second kappa shape index (κ2) is 7.56. The molecule has 4 rings (SSSR count). The summed E-state index contributed by atoms with van der Waals surface area (Å²) in [5.41, 5.74) is 9.05.